The van der Waals surface area contributed by atoms with E-state index in [4.69, 9.17) is 21.3 Å². The molecule has 8 rings (SSSR count). The predicted molar refractivity (Wildman–Crippen MR) is 231 cm³/mol. The molecule has 0 spiro atoms. The Balaban J connectivity index is 0.975. The Hall–Kier alpha value is -7.65. The first-order chi connectivity index (χ1) is 29.7. The van der Waals surface area contributed by atoms with Crippen LogP contribution in [-0.4, -0.2) is 61.5 Å². The van der Waals surface area contributed by atoms with E-state index in [9.17, 15) is 34.3 Å². The lowest BCUT2D eigenvalue weighted by molar-refractivity contribution is -0.140. The summed E-state index contributed by atoms with van der Waals surface area (Å²) in [5.41, 5.74) is 2.32. The lowest BCUT2D eigenvalue weighted by Crippen LogP contribution is -2.55. The second kappa shape index (κ2) is 17.1. The van der Waals surface area contributed by atoms with Crippen LogP contribution in [-0.2, 0) is 22.1 Å². The third-order valence-electron chi connectivity index (χ3n) is 11.9. The number of carboxylic acids is 1. The van der Waals surface area contributed by atoms with Gasteiger partial charge in [0.05, 0.1) is 45.6 Å². The third kappa shape index (κ3) is 8.38. The minimum absolute atomic E-state index is 0.0312. The van der Waals surface area contributed by atoms with Crippen molar-refractivity contribution in [3.05, 3.63) is 107 Å². The average molecular weight is 836 g/mol. The number of imidazole rings is 1. The van der Waals surface area contributed by atoms with Crippen molar-refractivity contribution >= 4 is 57.7 Å². The van der Waals surface area contributed by atoms with Gasteiger partial charge < -0.3 is 40.8 Å². The number of aromatic hydroxyl groups is 1. The van der Waals surface area contributed by atoms with Gasteiger partial charge in [-0.2, -0.15) is 5.26 Å². The second-order valence-electron chi connectivity index (χ2n) is 16.2. The molecule has 6 N–H and O–H groups in total. The second-order valence-corrected chi connectivity index (χ2v) is 16.2. The smallest absolute Gasteiger partial charge is 0.335 e. The number of carbonyl (C=O) groups excluding carboxylic acids is 4. The number of hydrogen-bond donors (Lipinski definition) is 6. The summed E-state index contributed by atoms with van der Waals surface area (Å²) in [6.45, 7) is 3.42. The molecule has 4 aromatic carbocycles. The number of phenols is 1. The Morgan fingerprint density at radius 1 is 0.855 bits per heavy atom. The van der Waals surface area contributed by atoms with E-state index >= 15 is 0 Å². The number of terminal acetylenes is 1. The number of aromatic carboxylic acids is 1. The Labute approximate surface area is 357 Å². The fourth-order valence-corrected chi connectivity index (χ4v) is 8.47. The number of aromatic nitrogens is 2. The van der Waals surface area contributed by atoms with Gasteiger partial charge in [0.1, 0.15) is 11.9 Å². The molecule has 0 radical (unpaired) electrons. The van der Waals surface area contributed by atoms with Gasteiger partial charge in [0.2, 0.25) is 11.8 Å². The molecule has 3 aliphatic carbocycles. The first kappa shape index (κ1) is 42.5. The van der Waals surface area contributed by atoms with Gasteiger partial charge in [-0.25, -0.2) is 9.78 Å². The zero-order chi connectivity index (χ0) is 44.3. The lowest BCUT2D eigenvalue weighted by atomic mass is 9.53. The summed E-state index contributed by atoms with van der Waals surface area (Å²) in [7, 11) is 1.99. The van der Waals surface area contributed by atoms with Crippen LogP contribution in [0.5, 0.6) is 11.5 Å². The summed E-state index contributed by atoms with van der Waals surface area (Å²) in [5, 5.41) is 40.7. The Bertz CT molecular complexity index is 2670. The molecule has 3 saturated carbocycles. The van der Waals surface area contributed by atoms with E-state index in [1.54, 1.807) is 26.0 Å². The molecule has 62 heavy (non-hydrogen) atoms. The van der Waals surface area contributed by atoms with Crippen molar-refractivity contribution in [2.24, 2.45) is 12.5 Å². The highest BCUT2D eigenvalue weighted by molar-refractivity contribution is 6.09. The summed E-state index contributed by atoms with van der Waals surface area (Å²) in [5.74, 6) is -0.271. The summed E-state index contributed by atoms with van der Waals surface area (Å²) in [6, 6.07) is 21.0. The van der Waals surface area contributed by atoms with Gasteiger partial charge >= 0.3 is 5.97 Å². The molecule has 2 bridgehead atoms. The fourth-order valence-electron chi connectivity index (χ4n) is 8.47. The van der Waals surface area contributed by atoms with Gasteiger partial charge in [-0.05, 0) is 131 Å². The van der Waals surface area contributed by atoms with Crippen LogP contribution < -0.4 is 26.0 Å². The van der Waals surface area contributed by atoms with Crippen molar-refractivity contribution in [2.75, 3.05) is 16.0 Å². The first-order valence-electron chi connectivity index (χ1n) is 20.2. The van der Waals surface area contributed by atoms with E-state index in [1.807, 2.05) is 13.1 Å². The minimum atomic E-state index is -1.12. The van der Waals surface area contributed by atoms with Crippen molar-refractivity contribution in [1.82, 2.24) is 14.9 Å². The number of nitriles is 1. The summed E-state index contributed by atoms with van der Waals surface area (Å²) < 4.78 is 7.92. The highest BCUT2D eigenvalue weighted by Gasteiger charge is 2.55. The van der Waals surface area contributed by atoms with E-state index in [2.05, 4.69) is 37.8 Å². The number of nitrogens with zero attached hydrogens (tertiary/aromatic N) is 3. The molecule has 4 amide bonds. The van der Waals surface area contributed by atoms with Crippen molar-refractivity contribution in [3.63, 3.8) is 0 Å². The number of hydrogen-bond acceptors (Lipinski definition) is 9. The molecule has 5 aromatic rings. The number of phenolic OH excluding ortho intramolecular Hbond substituents is 1. The van der Waals surface area contributed by atoms with Crippen molar-refractivity contribution in [1.29, 1.82) is 5.26 Å². The van der Waals surface area contributed by atoms with Crippen LogP contribution in [0.25, 0.3) is 11.0 Å². The van der Waals surface area contributed by atoms with Crippen molar-refractivity contribution in [2.45, 2.75) is 76.4 Å². The van der Waals surface area contributed by atoms with Crippen LogP contribution in [0.1, 0.15) is 101 Å². The molecule has 3 fully saturated rings. The Morgan fingerprint density at radius 3 is 2.08 bits per heavy atom. The standard InChI is InChI=1S/C47H45N7O8/c1-5-6-35(53-45(61)47-22-19-46(20-23-47,21-24-47)44-52-36-25-28(26-48)7-18-37(36)54(44)4)42(58)50-32-12-8-29(9-13-32)40(56)51-34-17-16-33(38(55)39(34)62-27(2)3)41(57)49-31-14-10-30(11-15-31)43(59)60/h1,7-18,25,27,35,55H,6,19-24H2,2-4H3,(H,49,57)(H,50,58)(H,51,56)(H,53,61)(H,59,60)/t35-,46?,47?/m0/s1. The highest BCUT2D eigenvalue weighted by Crippen LogP contribution is 2.58. The quantitative estimate of drug-likeness (QED) is 0.0675. The zero-order valence-corrected chi connectivity index (χ0v) is 34.4. The van der Waals surface area contributed by atoms with E-state index in [0.29, 0.717) is 36.2 Å². The molecular formula is C47H45N7O8. The highest BCUT2D eigenvalue weighted by atomic mass is 16.5. The fraction of sp³-hybridized carbons (Fsp3) is 0.298. The number of benzene rings is 4. The lowest BCUT2D eigenvalue weighted by Gasteiger charge is -2.52. The summed E-state index contributed by atoms with van der Waals surface area (Å²) in [6.07, 6.45) is 9.36. The van der Waals surface area contributed by atoms with Crippen LogP contribution in [0, 0.1) is 29.1 Å². The van der Waals surface area contributed by atoms with Gasteiger partial charge in [0.15, 0.2) is 11.5 Å². The third-order valence-corrected chi connectivity index (χ3v) is 11.9. The molecule has 3 aliphatic rings. The molecular weight excluding hydrogens is 791 g/mol. The van der Waals surface area contributed by atoms with E-state index < -0.39 is 47.0 Å². The Kier molecular flexibility index (Phi) is 11.7. The number of fused-ring (bicyclic) bond motifs is 4. The number of anilines is 3. The topological polar surface area (TPSA) is 225 Å². The van der Waals surface area contributed by atoms with Gasteiger partial charge in [0.25, 0.3) is 11.8 Å². The predicted octanol–water partition coefficient (Wildman–Crippen LogP) is 6.88. The van der Waals surface area contributed by atoms with E-state index in [1.165, 1.54) is 60.7 Å². The number of nitrogens with one attached hydrogen (secondary N) is 4. The molecule has 15 heteroatoms. The van der Waals surface area contributed by atoms with Gasteiger partial charge in [0, 0.05) is 41.2 Å². The van der Waals surface area contributed by atoms with Crippen LogP contribution in [0.4, 0.5) is 17.1 Å². The van der Waals surface area contributed by atoms with Crippen LogP contribution in [0.15, 0.2) is 78.9 Å². The first-order valence-corrected chi connectivity index (χ1v) is 20.2. The zero-order valence-electron chi connectivity index (χ0n) is 34.4. The summed E-state index contributed by atoms with van der Waals surface area (Å²) in [4.78, 5) is 70.1. The maximum atomic E-state index is 13.9. The van der Waals surface area contributed by atoms with Crippen LogP contribution in [0.2, 0.25) is 0 Å². The number of ether oxygens (including phenoxy) is 1. The molecule has 0 aliphatic heterocycles. The number of aryl methyl sites for hydroxylation is 1. The molecule has 1 aromatic heterocycles. The van der Waals surface area contributed by atoms with E-state index in [0.717, 1.165) is 36.1 Å². The molecule has 0 saturated heterocycles. The number of carboxylic acid groups (broad SMARTS) is 1. The van der Waals surface area contributed by atoms with Crippen molar-refractivity contribution in [3.8, 4) is 29.9 Å². The van der Waals surface area contributed by atoms with Crippen LogP contribution in [0.3, 0.4) is 0 Å². The summed E-state index contributed by atoms with van der Waals surface area (Å²) >= 11 is 0. The van der Waals surface area contributed by atoms with Gasteiger partial charge in [-0.15, -0.1) is 12.3 Å². The van der Waals surface area contributed by atoms with Crippen LogP contribution >= 0.6 is 0 Å². The van der Waals surface area contributed by atoms with Gasteiger partial charge in [-0.3, -0.25) is 19.2 Å². The molecule has 0 unspecified atom stereocenters. The maximum absolute atomic E-state index is 13.9. The largest absolute Gasteiger partial charge is 0.504 e. The molecule has 15 nitrogen and oxygen atoms in total. The van der Waals surface area contributed by atoms with Gasteiger partial charge in [-0.1, -0.05) is 0 Å². The Morgan fingerprint density at radius 2 is 1.48 bits per heavy atom. The van der Waals surface area contributed by atoms with E-state index in [-0.39, 0.29) is 45.9 Å². The van der Waals surface area contributed by atoms with Crippen molar-refractivity contribution < 1.29 is 38.9 Å². The minimum Gasteiger partial charge on any atom is -0.504 e. The molecule has 1 atom stereocenters. The monoisotopic (exact) mass is 835 g/mol. The molecule has 1 heterocycles. The maximum Gasteiger partial charge on any atom is 0.335 e. The normalized spacial score (nSPS) is 18.2. The number of rotatable bonds is 13. The number of amides is 4. The molecule has 316 valence electrons. The number of carbonyl (C=O) groups is 5. The average Bonchev–Trinajstić information content (AvgIpc) is 3.61. The SMILES string of the molecule is C#CC[C@H](NC(=O)C12CCC(c3nc4cc(C#N)ccc4n3C)(CC1)CC2)C(=O)Nc1ccc(C(=O)Nc2ccc(C(=O)Nc3ccc(C(=O)O)cc3)c(O)c2OC(C)C)cc1.